The number of hydrogen-bond acceptors (Lipinski definition) is 6. The molecule has 1 aliphatic rings. The molecule has 0 spiro atoms. The smallest absolute Gasteiger partial charge is 0.258 e. The number of fused-ring (bicyclic) bond motifs is 3. The second-order valence-electron chi connectivity index (χ2n) is 7.62. The van der Waals surface area contributed by atoms with Crippen LogP contribution in [0.1, 0.15) is 32.7 Å². The Hall–Kier alpha value is -4.22. The average Bonchev–Trinajstić information content (AvgIpc) is 3.47. The molecule has 0 fully saturated rings. The molecule has 1 aliphatic heterocycles. The number of aryl methyl sites for hydroxylation is 1. The zero-order valence-corrected chi connectivity index (χ0v) is 17.4. The highest BCUT2D eigenvalue weighted by Crippen LogP contribution is 2.32. The van der Waals surface area contributed by atoms with Crippen LogP contribution in [0.4, 0.5) is 11.5 Å². The Morgan fingerprint density at radius 3 is 2.81 bits per heavy atom. The lowest BCUT2D eigenvalue weighted by Crippen LogP contribution is -2.30. The largest absolute Gasteiger partial charge is 0.383 e. The van der Waals surface area contributed by atoms with E-state index in [9.17, 15) is 4.79 Å². The number of terminal acetylenes is 1. The number of nitrogen functional groups attached to an aromatic ring is 1. The number of ether oxygens (including phenoxy) is 1. The van der Waals surface area contributed by atoms with Crippen molar-refractivity contribution in [2.24, 2.45) is 7.05 Å². The molecule has 3 aromatic heterocycles. The Morgan fingerprint density at radius 2 is 2.09 bits per heavy atom. The monoisotopic (exact) mass is 424 g/mol. The second-order valence-corrected chi connectivity index (χ2v) is 7.62. The van der Waals surface area contributed by atoms with Crippen LogP contribution in [0.5, 0.6) is 0 Å². The molecule has 0 atom stereocenters. The Bertz CT molecular complexity index is 1380. The Balaban J connectivity index is 1.55. The first-order valence-electron chi connectivity index (χ1n) is 10.0. The summed E-state index contributed by atoms with van der Waals surface area (Å²) in [6.45, 7) is 1.16. The number of rotatable bonds is 4. The summed E-state index contributed by atoms with van der Waals surface area (Å²) in [6, 6.07) is 9.07. The number of carbonyl (C=O) groups is 1. The third kappa shape index (κ3) is 3.45. The zero-order valence-electron chi connectivity index (χ0n) is 17.4. The van der Waals surface area contributed by atoms with E-state index in [-0.39, 0.29) is 12.5 Å². The van der Waals surface area contributed by atoms with Crippen LogP contribution in [0.3, 0.4) is 0 Å². The van der Waals surface area contributed by atoms with E-state index in [1.165, 1.54) is 0 Å². The van der Waals surface area contributed by atoms with Gasteiger partial charge in [-0.15, -0.1) is 6.42 Å². The zero-order chi connectivity index (χ0) is 22.2. The van der Waals surface area contributed by atoms with Gasteiger partial charge in [-0.2, -0.15) is 5.10 Å². The highest BCUT2D eigenvalue weighted by atomic mass is 16.5. The van der Waals surface area contributed by atoms with Crippen LogP contribution in [-0.4, -0.2) is 25.7 Å². The molecule has 0 aliphatic carbocycles. The van der Waals surface area contributed by atoms with E-state index in [1.54, 1.807) is 34.2 Å². The van der Waals surface area contributed by atoms with Gasteiger partial charge in [0.25, 0.3) is 5.91 Å². The number of hydrogen-bond donors (Lipinski definition) is 1. The molecule has 1 aromatic carbocycles. The van der Waals surface area contributed by atoms with Gasteiger partial charge in [-0.05, 0) is 35.9 Å². The molecule has 0 unspecified atom stereocenters. The van der Waals surface area contributed by atoms with Gasteiger partial charge in [-0.3, -0.25) is 19.4 Å². The quantitative estimate of drug-likeness (QED) is 0.506. The van der Waals surface area contributed by atoms with Gasteiger partial charge in [0.05, 0.1) is 42.9 Å². The fourth-order valence-corrected chi connectivity index (χ4v) is 3.85. The van der Waals surface area contributed by atoms with Crippen LogP contribution in [0, 0.1) is 12.3 Å². The van der Waals surface area contributed by atoms with Crippen LogP contribution in [0.15, 0.2) is 48.9 Å². The molecule has 0 saturated carbocycles. The molecule has 8 nitrogen and oxygen atoms in total. The van der Waals surface area contributed by atoms with E-state index < -0.39 is 0 Å². The van der Waals surface area contributed by atoms with Gasteiger partial charge >= 0.3 is 0 Å². The van der Waals surface area contributed by atoms with Gasteiger partial charge in [0.15, 0.2) is 0 Å². The summed E-state index contributed by atoms with van der Waals surface area (Å²) in [5.41, 5.74) is 11.3. The summed E-state index contributed by atoms with van der Waals surface area (Å²) in [5.74, 6) is 2.85. The summed E-state index contributed by atoms with van der Waals surface area (Å²) in [6.07, 6.45) is 10.5. The van der Waals surface area contributed by atoms with Crippen molar-refractivity contribution in [1.82, 2.24) is 19.7 Å². The van der Waals surface area contributed by atoms with E-state index in [4.69, 9.17) is 16.9 Å². The van der Waals surface area contributed by atoms with Crippen molar-refractivity contribution in [1.29, 1.82) is 0 Å². The van der Waals surface area contributed by atoms with Crippen LogP contribution >= 0.6 is 0 Å². The predicted octanol–water partition coefficient (Wildman–Crippen LogP) is 2.80. The number of benzene rings is 1. The molecule has 32 heavy (non-hydrogen) atoms. The molecular formula is C24H20N6O2. The fourth-order valence-electron chi connectivity index (χ4n) is 3.85. The van der Waals surface area contributed by atoms with Crippen molar-refractivity contribution in [3.63, 3.8) is 0 Å². The summed E-state index contributed by atoms with van der Waals surface area (Å²) < 4.78 is 7.23. The molecule has 0 radical (unpaired) electrons. The van der Waals surface area contributed by atoms with Crippen LogP contribution in [0.25, 0.3) is 10.9 Å². The lowest BCUT2D eigenvalue weighted by molar-refractivity contribution is 0.0985. The predicted molar refractivity (Wildman–Crippen MR) is 121 cm³/mol. The van der Waals surface area contributed by atoms with Crippen LogP contribution < -0.4 is 10.6 Å². The molecule has 2 N–H and O–H groups in total. The minimum atomic E-state index is -0.174. The first-order valence-corrected chi connectivity index (χ1v) is 10.0. The van der Waals surface area contributed by atoms with E-state index in [0.717, 1.165) is 22.0 Å². The Labute approximate surface area is 184 Å². The maximum Gasteiger partial charge on any atom is 0.258 e. The van der Waals surface area contributed by atoms with Crippen molar-refractivity contribution in [2.45, 2.75) is 19.8 Å². The number of anilines is 2. The van der Waals surface area contributed by atoms with Crippen molar-refractivity contribution < 1.29 is 9.53 Å². The lowest BCUT2D eigenvalue weighted by Gasteiger charge is -2.21. The van der Waals surface area contributed by atoms with E-state index in [1.807, 2.05) is 31.3 Å². The average molecular weight is 424 g/mol. The minimum Gasteiger partial charge on any atom is -0.383 e. The molecule has 8 heteroatoms. The fraction of sp³-hybridized carbons (Fsp3) is 0.167. The summed E-state index contributed by atoms with van der Waals surface area (Å²) >= 11 is 0. The molecule has 0 saturated heterocycles. The molecule has 4 aromatic rings. The first kappa shape index (κ1) is 19.7. The maximum atomic E-state index is 13.6. The standard InChI is InChI=1S/C24H20N6O2/c1-3-15-4-6-17(26-9-15)11-30(18-10-27-29(2)12-18)24(31)16-5-7-22-19(8-16)20-13-32-14-21(20)23(25)28-22/h1,4-10,12H,11,13-14H2,2H3,(H2,25,28). The summed E-state index contributed by atoms with van der Waals surface area (Å²) in [5, 5.41) is 5.10. The maximum absolute atomic E-state index is 13.6. The Morgan fingerprint density at radius 1 is 1.25 bits per heavy atom. The van der Waals surface area contributed by atoms with E-state index in [2.05, 4.69) is 21.0 Å². The molecule has 4 heterocycles. The van der Waals surface area contributed by atoms with Crippen LogP contribution in [0.2, 0.25) is 0 Å². The van der Waals surface area contributed by atoms with Gasteiger partial charge < -0.3 is 10.5 Å². The van der Waals surface area contributed by atoms with Crippen molar-refractivity contribution in [3.05, 3.63) is 76.9 Å². The van der Waals surface area contributed by atoms with Gasteiger partial charge in [0, 0.05) is 41.5 Å². The third-order valence-corrected chi connectivity index (χ3v) is 5.54. The number of carbonyl (C=O) groups excluding carboxylic acids is 1. The van der Waals surface area contributed by atoms with Crippen molar-refractivity contribution in [2.75, 3.05) is 10.6 Å². The molecule has 0 bridgehead atoms. The number of nitrogens with zero attached hydrogens (tertiary/aromatic N) is 5. The van der Waals surface area contributed by atoms with Crippen molar-refractivity contribution in [3.8, 4) is 12.3 Å². The topological polar surface area (TPSA) is 99.2 Å². The third-order valence-electron chi connectivity index (χ3n) is 5.54. The SMILES string of the molecule is C#Cc1ccc(CN(C(=O)c2ccc3nc(N)c4c(c3c2)COC4)c2cnn(C)c2)nc1. The van der Waals surface area contributed by atoms with E-state index in [0.29, 0.717) is 41.5 Å². The van der Waals surface area contributed by atoms with E-state index >= 15 is 0 Å². The number of aromatic nitrogens is 4. The van der Waals surface area contributed by atoms with Gasteiger partial charge in [0.2, 0.25) is 0 Å². The molecular weight excluding hydrogens is 404 g/mol. The number of nitrogens with two attached hydrogens (primary N) is 1. The van der Waals surface area contributed by atoms with Crippen LogP contribution in [-0.2, 0) is 31.5 Å². The lowest BCUT2D eigenvalue weighted by atomic mass is 10.0. The first-order chi connectivity index (χ1) is 15.5. The van der Waals surface area contributed by atoms with Crippen molar-refractivity contribution >= 4 is 28.3 Å². The van der Waals surface area contributed by atoms with Gasteiger partial charge in [-0.1, -0.05) is 5.92 Å². The van der Waals surface area contributed by atoms with Gasteiger partial charge in [-0.25, -0.2) is 4.98 Å². The summed E-state index contributed by atoms with van der Waals surface area (Å²) in [4.78, 5) is 24.2. The molecule has 158 valence electrons. The number of amides is 1. The highest BCUT2D eigenvalue weighted by Gasteiger charge is 2.23. The molecule has 5 rings (SSSR count). The number of pyridine rings is 2. The Kier molecular flexibility index (Phi) is 4.81. The van der Waals surface area contributed by atoms with Gasteiger partial charge in [0.1, 0.15) is 5.82 Å². The minimum absolute atomic E-state index is 0.174. The normalized spacial score (nSPS) is 12.5. The summed E-state index contributed by atoms with van der Waals surface area (Å²) in [7, 11) is 1.81. The highest BCUT2D eigenvalue weighted by molar-refractivity contribution is 6.08. The molecule has 1 amide bonds. The second kappa shape index (κ2) is 7.80.